The fraction of sp³-hybridized carbons (Fsp3) is 0.360. The quantitative estimate of drug-likeness (QED) is 0.429. The number of benzene rings is 3. The van der Waals surface area contributed by atoms with Gasteiger partial charge in [-0.3, -0.25) is 0 Å². The summed E-state index contributed by atoms with van der Waals surface area (Å²) in [6.45, 7) is 2.21. The van der Waals surface area contributed by atoms with Crippen LogP contribution in [0, 0.1) is 23.4 Å². The molecule has 1 saturated carbocycles. The number of fused-ring (bicyclic) bond motifs is 1. The number of hydrogen-bond donors (Lipinski definition) is 0. The molecular weight excluding hydrogens is 357 g/mol. The van der Waals surface area contributed by atoms with Gasteiger partial charge in [-0.2, -0.15) is 0 Å². The van der Waals surface area contributed by atoms with E-state index in [0.717, 1.165) is 42.6 Å². The van der Waals surface area contributed by atoms with E-state index in [4.69, 9.17) is 0 Å². The third-order valence-corrected chi connectivity index (χ3v) is 6.17. The van der Waals surface area contributed by atoms with Crippen molar-refractivity contribution in [2.45, 2.75) is 51.4 Å². The Morgan fingerprint density at radius 3 is 2.11 bits per heavy atom. The topological polar surface area (TPSA) is 0 Å². The first kappa shape index (κ1) is 19.0. The van der Waals surface area contributed by atoms with Crippen LogP contribution in [0.2, 0.25) is 0 Å². The van der Waals surface area contributed by atoms with Gasteiger partial charge in [0.05, 0.1) is 5.56 Å². The number of hydrogen-bond acceptors (Lipinski definition) is 0. The normalized spacial score (nSPS) is 19.9. The maximum atomic E-state index is 14.9. The highest BCUT2D eigenvalue weighted by Gasteiger charge is 2.24. The molecule has 0 saturated heterocycles. The monoisotopic (exact) mass is 382 g/mol. The first-order chi connectivity index (χ1) is 13.5. The van der Waals surface area contributed by atoms with Crippen molar-refractivity contribution in [2.24, 2.45) is 5.92 Å². The highest BCUT2D eigenvalue weighted by atomic mass is 19.1. The molecule has 0 nitrogen and oxygen atoms in total. The second-order valence-corrected chi connectivity index (χ2v) is 8.07. The Labute approximate surface area is 164 Å². The zero-order valence-electron chi connectivity index (χ0n) is 16.2. The largest absolute Gasteiger partial charge is 0.207 e. The zero-order chi connectivity index (χ0) is 19.7. The molecule has 146 valence electrons. The summed E-state index contributed by atoms with van der Waals surface area (Å²) in [4.78, 5) is 0. The van der Waals surface area contributed by atoms with Crippen LogP contribution >= 0.6 is 0 Å². The zero-order valence-corrected chi connectivity index (χ0v) is 16.2. The average molecular weight is 382 g/mol. The van der Waals surface area contributed by atoms with Gasteiger partial charge in [0.1, 0.15) is 17.5 Å². The van der Waals surface area contributed by atoms with Gasteiger partial charge in [0, 0.05) is 0 Å². The summed E-state index contributed by atoms with van der Waals surface area (Å²) in [6.07, 6.45) is 6.75. The van der Waals surface area contributed by atoms with Gasteiger partial charge in [-0.1, -0.05) is 38.0 Å². The molecule has 3 heteroatoms. The first-order valence-corrected chi connectivity index (χ1v) is 10.2. The Hall–Kier alpha value is -2.29. The van der Waals surface area contributed by atoms with Crippen LogP contribution in [0.4, 0.5) is 13.2 Å². The van der Waals surface area contributed by atoms with Crippen LogP contribution in [-0.2, 0) is 0 Å². The van der Waals surface area contributed by atoms with Crippen molar-refractivity contribution in [1.29, 1.82) is 0 Å². The fourth-order valence-corrected chi connectivity index (χ4v) is 4.67. The molecule has 0 unspecified atom stereocenters. The van der Waals surface area contributed by atoms with E-state index in [2.05, 4.69) is 6.92 Å². The molecule has 3 aromatic rings. The third kappa shape index (κ3) is 3.80. The fourth-order valence-electron chi connectivity index (χ4n) is 4.67. The summed E-state index contributed by atoms with van der Waals surface area (Å²) in [6, 6.07) is 12.5. The smallest absolute Gasteiger partial charge is 0.134 e. The summed E-state index contributed by atoms with van der Waals surface area (Å²) < 4.78 is 43.2. The summed E-state index contributed by atoms with van der Waals surface area (Å²) in [5, 5.41) is 1.47. The molecule has 28 heavy (non-hydrogen) atoms. The molecule has 0 atom stereocenters. The molecule has 0 heterocycles. The molecule has 0 radical (unpaired) electrons. The minimum absolute atomic E-state index is 0.00496. The van der Waals surface area contributed by atoms with Crippen molar-refractivity contribution < 1.29 is 13.2 Å². The summed E-state index contributed by atoms with van der Waals surface area (Å²) in [7, 11) is 0. The van der Waals surface area contributed by atoms with Crippen LogP contribution in [0.1, 0.15) is 56.9 Å². The van der Waals surface area contributed by atoms with Gasteiger partial charge in [-0.15, -0.1) is 0 Å². The number of halogens is 3. The van der Waals surface area contributed by atoms with E-state index in [1.54, 1.807) is 24.3 Å². The van der Waals surface area contributed by atoms with Gasteiger partial charge in [0.15, 0.2) is 0 Å². The van der Waals surface area contributed by atoms with Gasteiger partial charge in [0.25, 0.3) is 0 Å². The molecule has 1 aliphatic rings. The van der Waals surface area contributed by atoms with E-state index in [-0.39, 0.29) is 17.3 Å². The SMILES string of the molecule is CCC[C@H]1CC[C@H](c2cc(F)c(-c3ccc4cc(F)ccc4c3)c(F)c2)CC1. The summed E-state index contributed by atoms with van der Waals surface area (Å²) in [5.41, 5.74) is 1.25. The van der Waals surface area contributed by atoms with E-state index in [0.29, 0.717) is 10.9 Å². The van der Waals surface area contributed by atoms with Crippen molar-refractivity contribution in [3.8, 4) is 11.1 Å². The molecule has 0 aliphatic heterocycles. The predicted octanol–water partition coefficient (Wildman–Crippen LogP) is 8.00. The highest BCUT2D eigenvalue weighted by molar-refractivity contribution is 5.87. The van der Waals surface area contributed by atoms with E-state index < -0.39 is 11.6 Å². The minimum Gasteiger partial charge on any atom is -0.207 e. The lowest BCUT2D eigenvalue weighted by Crippen LogP contribution is -2.13. The average Bonchev–Trinajstić information content (AvgIpc) is 2.68. The molecule has 1 aliphatic carbocycles. The minimum atomic E-state index is -0.521. The lowest BCUT2D eigenvalue weighted by atomic mass is 9.77. The van der Waals surface area contributed by atoms with E-state index in [1.165, 1.54) is 37.1 Å². The van der Waals surface area contributed by atoms with Crippen molar-refractivity contribution >= 4 is 10.8 Å². The van der Waals surface area contributed by atoms with Gasteiger partial charge in [0.2, 0.25) is 0 Å². The van der Waals surface area contributed by atoms with E-state index in [1.807, 2.05) is 0 Å². The van der Waals surface area contributed by atoms with Crippen molar-refractivity contribution in [3.63, 3.8) is 0 Å². The van der Waals surface area contributed by atoms with E-state index in [9.17, 15) is 13.2 Å². The second kappa shape index (κ2) is 7.98. The Balaban J connectivity index is 1.62. The maximum Gasteiger partial charge on any atom is 0.134 e. The van der Waals surface area contributed by atoms with Crippen LogP contribution in [-0.4, -0.2) is 0 Å². The van der Waals surface area contributed by atoms with E-state index >= 15 is 0 Å². The highest BCUT2D eigenvalue weighted by Crippen LogP contribution is 2.39. The van der Waals surface area contributed by atoms with Gasteiger partial charge in [-0.05, 0) is 89.8 Å². The molecule has 1 fully saturated rings. The standard InChI is InChI=1S/C25H25F3/c1-2-3-16-4-6-17(7-5-16)21-14-23(27)25(24(28)15-21)20-9-8-19-13-22(26)11-10-18(19)12-20/h8-17H,2-7H2,1H3/t16-,17-. The van der Waals surface area contributed by atoms with Gasteiger partial charge >= 0.3 is 0 Å². The van der Waals surface area contributed by atoms with Crippen LogP contribution in [0.15, 0.2) is 48.5 Å². The lowest BCUT2D eigenvalue weighted by molar-refractivity contribution is 0.307. The maximum absolute atomic E-state index is 14.9. The Morgan fingerprint density at radius 1 is 0.786 bits per heavy atom. The van der Waals surface area contributed by atoms with Crippen molar-refractivity contribution in [3.05, 3.63) is 71.5 Å². The van der Waals surface area contributed by atoms with Crippen LogP contribution in [0.25, 0.3) is 21.9 Å². The molecule has 0 spiro atoms. The van der Waals surface area contributed by atoms with Crippen LogP contribution in [0.5, 0.6) is 0 Å². The second-order valence-electron chi connectivity index (χ2n) is 8.07. The Bertz CT molecular complexity index is 961. The summed E-state index contributed by atoms with van der Waals surface area (Å²) in [5.74, 6) is -0.363. The molecule has 0 N–H and O–H groups in total. The number of rotatable bonds is 4. The molecule has 0 amide bonds. The van der Waals surface area contributed by atoms with Crippen molar-refractivity contribution in [1.82, 2.24) is 0 Å². The van der Waals surface area contributed by atoms with Gasteiger partial charge in [-0.25, -0.2) is 13.2 Å². The molecule has 4 rings (SSSR count). The molecule has 3 aromatic carbocycles. The van der Waals surface area contributed by atoms with Crippen molar-refractivity contribution in [2.75, 3.05) is 0 Å². The third-order valence-electron chi connectivity index (χ3n) is 6.17. The first-order valence-electron chi connectivity index (χ1n) is 10.2. The lowest BCUT2D eigenvalue weighted by Gasteiger charge is -2.29. The Kier molecular flexibility index (Phi) is 5.43. The summed E-state index contributed by atoms with van der Waals surface area (Å²) >= 11 is 0. The predicted molar refractivity (Wildman–Crippen MR) is 109 cm³/mol. The van der Waals surface area contributed by atoms with Gasteiger partial charge < -0.3 is 0 Å². The van der Waals surface area contributed by atoms with Crippen LogP contribution < -0.4 is 0 Å². The molecule has 0 bridgehead atoms. The molecule has 0 aromatic heterocycles. The Morgan fingerprint density at radius 2 is 1.43 bits per heavy atom. The molecular formula is C25H25F3. The van der Waals surface area contributed by atoms with Crippen LogP contribution in [0.3, 0.4) is 0 Å².